The summed E-state index contributed by atoms with van der Waals surface area (Å²) in [6.45, 7) is 11.6. The molecule has 1 aliphatic rings. The van der Waals surface area contributed by atoms with Crippen molar-refractivity contribution < 1.29 is 0 Å². The molecule has 0 fully saturated rings. The highest BCUT2D eigenvalue weighted by Crippen LogP contribution is 2.58. The normalized spacial score (nSPS) is 27.0. The van der Waals surface area contributed by atoms with Crippen molar-refractivity contribution in [1.29, 1.82) is 0 Å². The van der Waals surface area contributed by atoms with Crippen molar-refractivity contribution in [3.63, 3.8) is 0 Å². The lowest BCUT2D eigenvalue weighted by atomic mass is 9.69. The third kappa shape index (κ3) is 2.20. The minimum Gasteiger partial charge on any atom is -0.0648 e. The van der Waals surface area contributed by atoms with Crippen molar-refractivity contribution in [3.05, 3.63) is 70.3 Å². The molecule has 0 spiro atoms. The first-order valence-electron chi connectivity index (χ1n) is 8.68. The molecule has 0 aliphatic heterocycles. The Balaban J connectivity index is 2.18. The van der Waals surface area contributed by atoms with E-state index in [1.165, 1.54) is 29.5 Å². The predicted molar refractivity (Wildman–Crippen MR) is 95.8 cm³/mol. The van der Waals surface area contributed by atoms with Crippen LogP contribution < -0.4 is 0 Å². The van der Waals surface area contributed by atoms with Crippen molar-refractivity contribution in [3.8, 4) is 0 Å². The molecular weight excluding hydrogens is 264 g/mol. The summed E-state index contributed by atoms with van der Waals surface area (Å²) in [4.78, 5) is 0. The fourth-order valence-corrected chi connectivity index (χ4v) is 4.54. The van der Waals surface area contributed by atoms with Crippen molar-refractivity contribution in [2.45, 2.75) is 64.7 Å². The molecule has 116 valence electrons. The lowest BCUT2D eigenvalue weighted by Crippen LogP contribution is -2.27. The van der Waals surface area contributed by atoms with Crippen LogP contribution in [0.5, 0.6) is 0 Å². The molecule has 2 aromatic carbocycles. The van der Waals surface area contributed by atoms with Gasteiger partial charge in [0.2, 0.25) is 0 Å². The van der Waals surface area contributed by atoms with Gasteiger partial charge >= 0.3 is 0 Å². The van der Waals surface area contributed by atoms with E-state index in [1.54, 1.807) is 11.1 Å². The van der Waals surface area contributed by atoms with Crippen molar-refractivity contribution in [1.82, 2.24) is 0 Å². The molecule has 1 aliphatic carbocycles. The van der Waals surface area contributed by atoms with Gasteiger partial charge in [0.25, 0.3) is 0 Å². The Hall–Kier alpha value is -1.56. The summed E-state index contributed by atoms with van der Waals surface area (Å²) in [6, 6.07) is 16.4. The first-order valence-corrected chi connectivity index (χ1v) is 8.68. The zero-order chi connectivity index (χ0) is 15.9. The lowest BCUT2D eigenvalue weighted by Gasteiger charge is -2.35. The van der Waals surface area contributed by atoms with Crippen LogP contribution in [0, 0.1) is 13.8 Å². The summed E-state index contributed by atoms with van der Waals surface area (Å²) >= 11 is 0. The van der Waals surface area contributed by atoms with E-state index in [1.807, 2.05) is 0 Å². The standard InChI is InChI=1S/C22H28/c1-6-18-19-14-16(4)10-13-20(19)22(5,7-2)21(18)17-11-8-15(3)9-12-17/h8-14,18,21H,6-7H2,1-5H3. The second kappa shape index (κ2) is 5.57. The Bertz CT molecular complexity index is 665. The predicted octanol–water partition coefficient (Wildman–Crippen LogP) is 6.26. The molecule has 0 bridgehead atoms. The quantitative estimate of drug-likeness (QED) is 0.626. The molecule has 0 saturated carbocycles. The zero-order valence-corrected chi connectivity index (χ0v) is 14.6. The van der Waals surface area contributed by atoms with E-state index in [4.69, 9.17) is 0 Å². The summed E-state index contributed by atoms with van der Waals surface area (Å²) in [5.41, 5.74) is 7.67. The molecule has 0 aromatic heterocycles. The van der Waals surface area contributed by atoms with Gasteiger partial charge in [0.1, 0.15) is 0 Å². The first-order chi connectivity index (χ1) is 10.5. The van der Waals surface area contributed by atoms with Gasteiger partial charge in [-0.3, -0.25) is 0 Å². The number of aryl methyl sites for hydroxylation is 2. The molecule has 22 heavy (non-hydrogen) atoms. The number of hydrogen-bond acceptors (Lipinski definition) is 0. The largest absolute Gasteiger partial charge is 0.0648 e. The third-order valence-corrected chi connectivity index (χ3v) is 5.92. The van der Waals surface area contributed by atoms with Crippen molar-refractivity contribution in [2.75, 3.05) is 0 Å². The van der Waals surface area contributed by atoms with Gasteiger partial charge in [-0.15, -0.1) is 0 Å². The second-order valence-corrected chi connectivity index (χ2v) is 7.26. The molecule has 3 unspecified atom stereocenters. The summed E-state index contributed by atoms with van der Waals surface area (Å²) in [7, 11) is 0. The molecule has 3 rings (SSSR count). The van der Waals surface area contributed by atoms with Crippen LogP contribution in [0.25, 0.3) is 0 Å². The summed E-state index contributed by atoms with van der Waals surface area (Å²) < 4.78 is 0. The topological polar surface area (TPSA) is 0 Å². The highest BCUT2D eigenvalue weighted by atomic mass is 14.5. The maximum atomic E-state index is 2.47. The van der Waals surface area contributed by atoms with Gasteiger partial charge in [-0.1, -0.05) is 74.4 Å². The molecule has 0 saturated heterocycles. The number of rotatable bonds is 3. The Morgan fingerprint density at radius 2 is 1.55 bits per heavy atom. The van der Waals surface area contributed by atoms with E-state index in [0.717, 1.165) is 0 Å². The van der Waals surface area contributed by atoms with Crippen LogP contribution in [0.3, 0.4) is 0 Å². The molecule has 0 N–H and O–H groups in total. The average molecular weight is 292 g/mol. The average Bonchev–Trinajstić information content (AvgIpc) is 2.77. The smallest absolute Gasteiger partial charge is 0.000138 e. The van der Waals surface area contributed by atoms with E-state index in [2.05, 4.69) is 77.1 Å². The third-order valence-electron chi connectivity index (χ3n) is 5.92. The van der Waals surface area contributed by atoms with E-state index in [-0.39, 0.29) is 5.41 Å². The Labute approximate surface area is 135 Å². The molecular formula is C22H28. The fraction of sp³-hybridized carbons (Fsp3) is 0.455. The van der Waals surface area contributed by atoms with Gasteiger partial charge in [-0.05, 0) is 54.7 Å². The molecule has 0 heteroatoms. The van der Waals surface area contributed by atoms with Gasteiger partial charge in [-0.25, -0.2) is 0 Å². The van der Waals surface area contributed by atoms with Crippen LogP contribution in [0.4, 0.5) is 0 Å². The Morgan fingerprint density at radius 1 is 0.909 bits per heavy atom. The summed E-state index contributed by atoms with van der Waals surface area (Å²) in [6.07, 6.45) is 2.41. The molecule has 0 radical (unpaired) electrons. The van der Waals surface area contributed by atoms with Crippen LogP contribution in [0.15, 0.2) is 42.5 Å². The highest BCUT2D eigenvalue weighted by molar-refractivity contribution is 5.50. The van der Waals surface area contributed by atoms with Crippen LogP contribution in [0.2, 0.25) is 0 Å². The Kier molecular flexibility index (Phi) is 3.89. The monoisotopic (exact) mass is 292 g/mol. The zero-order valence-electron chi connectivity index (χ0n) is 14.6. The number of hydrogen-bond donors (Lipinski definition) is 0. The summed E-state index contributed by atoms with van der Waals surface area (Å²) in [5, 5.41) is 0. The maximum Gasteiger partial charge on any atom is 0.000138 e. The molecule has 2 aromatic rings. The fourth-order valence-electron chi connectivity index (χ4n) is 4.54. The van der Waals surface area contributed by atoms with Crippen LogP contribution in [-0.4, -0.2) is 0 Å². The minimum absolute atomic E-state index is 0.249. The van der Waals surface area contributed by atoms with E-state index in [0.29, 0.717) is 11.8 Å². The van der Waals surface area contributed by atoms with Crippen LogP contribution in [-0.2, 0) is 5.41 Å². The summed E-state index contributed by atoms with van der Waals surface area (Å²) in [5.74, 6) is 1.24. The van der Waals surface area contributed by atoms with E-state index >= 15 is 0 Å². The molecule has 0 nitrogen and oxygen atoms in total. The van der Waals surface area contributed by atoms with Gasteiger partial charge < -0.3 is 0 Å². The Morgan fingerprint density at radius 3 is 2.14 bits per heavy atom. The molecule has 3 atom stereocenters. The van der Waals surface area contributed by atoms with Gasteiger partial charge in [0.15, 0.2) is 0 Å². The van der Waals surface area contributed by atoms with E-state index < -0.39 is 0 Å². The van der Waals surface area contributed by atoms with Gasteiger partial charge in [0, 0.05) is 5.92 Å². The van der Waals surface area contributed by atoms with Crippen LogP contribution in [0.1, 0.15) is 73.3 Å². The van der Waals surface area contributed by atoms with Crippen molar-refractivity contribution >= 4 is 0 Å². The number of benzene rings is 2. The molecule has 0 amide bonds. The second-order valence-electron chi connectivity index (χ2n) is 7.26. The lowest BCUT2D eigenvalue weighted by molar-refractivity contribution is 0.352. The van der Waals surface area contributed by atoms with Crippen LogP contribution >= 0.6 is 0 Å². The SMILES string of the molecule is CCC1c2cc(C)ccc2C(C)(CC)C1c1ccc(C)cc1. The van der Waals surface area contributed by atoms with Gasteiger partial charge in [0.05, 0.1) is 0 Å². The highest BCUT2D eigenvalue weighted by Gasteiger charge is 2.47. The minimum atomic E-state index is 0.249. The first kappa shape index (κ1) is 15.3. The van der Waals surface area contributed by atoms with Gasteiger partial charge in [-0.2, -0.15) is 0 Å². The molecule has 0 heterocycles. The van der Waals surface area contributed by atoms with Crippen molar-refractivity contribution in [2.24, 2.45) is 0 Å². The number of fused-ring (bicyclic) bond motifs is 1. The van der Waals surface area contributed by atoms with E-state index in [9.17, 15) is 0 Å². The maximum absolute atomic E-state index is 2.47.